The van der Waals surface area contributed by atoms with Gasteiger partial charge in [0.25, 0.3) is 10.1 Å². The molecular weight excluding hydrogens is 316 g/mol. The summed E-state index contributed by atoms with van der Waals surface area (Å²) in [4.78, 5) is 11.9. The Kier molecular flexibility index (Phi) is 3.38. The topological polar surface area (TPSA) is 78.9 Å². The van der Waals surface area contributed by atoms with Crippen molar-refractivity contribution in [3.63, 3.8) is 0 Å². The van der Waals surface area contributed by atoms with Crippen LogP contribution in [0.5, 0.6) is 0 Å². The molecule has 118 valence electrons. The maximum Gasteiger partial charge on any atom is 0.556 e. The molecule has 4 aliphatic rings. The number of ether oxygens (including phenoxy) is 1. The summed E-state index contributed by atoms with van der Waals surface area (Å²) in [6, 6.07) is 0. The van der Waals surface area contributed by atoms with E-state index in [2.05, 4.69) is 0 Å². The van der Waals surface area contributed by atoms with E-state index in [0.29, 0.717) is 6.42 Å². The molecule has 0 radical (unpaired) electrons. The van der Waals surface area contributed by atoms with Gasteiger partial charge in [-0.25, -0.2) is 4.18 Å². The predicted molar refractivity (Wildman–Crippen MR) is 76.1 cm³/mol. The zero-order valence-corrected chi connectivity index (χ0v) is 13.2. The van der Waals surface area contributed by atoms with Crippen LogP contribution in [0.4, 0.5) is 4.79 Å². The van der Waals surface area contributed by atoms with Crippen molar-refractivity contribution in [3.8, 4) is 0 Å². The standard InChI is InChI=1S/C13H19O6S2/c14-13(18-20-4-2-1-3-5-20)17-11-8-6-9-10(7-8)21(15,16)19-12(9)11/h8-12H,1-7H2/q+1. The second-order valence-corrected chi connectivity index (χ2v) is 9.96. The summed E-state index contributed by atoms with van der Waals surface area (Å²) in [6.07, 6.45) is 3.12. The Bertz CT molecular complexity index is 541. The lowest BCUT2D eigenvalue weighted by Gasteiger charge is -2.24. The maximum absolute atomic E-state index is 11.9. The number of hydrogen-bond acceptors (Lipinski definition) is 6. The molecule has 2 heterocycles. The summed E-state index contributed by atoms with van der Waals surface area (Å²) in [6.45, 7) is 0. The number of hydrogen-bond donors (Lipinski definition) is 0. The van der Waals surface area contributed by atoms with E-state index in [0.717, 1.165) is 30.8 Å². The Balaban J connectivity index is 1.39. The van der Waals surface area contributed by atoms with Crippen LogP contribution >= 0.6 is 0 Å². The van der Waals surface area contributed by atoms with Crippen LogP contribution in [0.1, 0.15) is 32.1 Å². The van der Waals surface area contributed by atoms with Crippen molar-refractivity contribution in [1.29, 1.82) is 0 Å². The minimum atomic E-state index is -3.46. The molecule has 2 aliphatic carbocycles. The van der Waals surface area contributed by atoms with Crippen LogP contribution in [-0.2, 0) is 34.4 Å². The Labute approximate surface area is 127 Å². The number of fused-ring (bicyclic) bond motifs is 1. The van der Waals surface area contributed by atoms with Crippen LogP contribution in [-0.4, -0.2) is 43.5 Å². The summed E-state index contributed by atoms with van der Waals surface area (Å²) in [7, 11) is -3.46. The Hall–Kier alpha value is -0.470. The fraction of sp³-hybridized carbons (Fsp3) is 0.923. The first-order valence-electron chi connectivity index (χ1n) is 7.53. The number of carbonyl (C=O) groups excluding carboxylic acids is 1. The van der Waals surface area contributed by atoms with Crippen molar-refractivity contribution in [2.24, 2.45) is 11.8 Å². The number of rotatable bonds is 2. The van der Waals surface area contributed by atoms with Crippen molar-refractivity contribution in [2.45, 2.75) is 49.6 Å². The molecule has 8 heteroatoms. The third kappa shape index (κ3) is 2.35. The first kappa shape index (κ1) is 14.1. The van der Waals surface area contributed by atoms with Gasteiger partial charge in [0.15, 0.2) is 11.5 Å². The molecule has 2 bridgehead atoms. The van der Waals surface area contributed by atoms with Crippen LogP contribution < -0.4 is 0 Å². The first-order valence-corrected chi connectivity index (χ1v) is 10.5. The molecule has 4 rings (SSSR count). The van der Waals surface area contributed by atoms with Crippen molar-refractivity contribution in [2.75, 3.05) is 11.5 Å². The van der Waals surface area contributed by atoms with E-state index in [-0.39, 0.29) is 28.3 Å². The molecule has 0 aromatic heterocycles. The van der Waals surface area contributed by atoms with Gasteiger partial charge in [0.1, 0.15) is 12.2 Å². The summed E-state index contributed by atoms with van der Waals surface area (Å²) < 4.78 is 39.7. The summed E-state index contributed by atoms with van der Waals surface area (Å²) in [5.41, 5.74) is 0. The van der Waals surface area contributed by atoms with Crippen LogP contribution in [0.2, 0.25) is 0 Å². The monoisotopic (exact) mass is 335 g/mol. The molecular formula is C13H19O6S2+. The predicted octanol–water partition coefficient (Wildman–Crippen LogP) is 1.36. The van der Waals surface area contributed by atoms with Crippen LogP contribution in [0, 0.1) is 11.8 Å². The van der Waals surface area contributed by atoms with Crippen molar-refractivity contribution >= 4 is 27.4 Å². The van der Waals surface area contributed by atoms with E-state index in [9.17, 15) is 13.2 Å². The summed E-state index contributed by atoms with van der Waals surface area (Å²) >= 11 is -0.328. The molecule has 0 aromatic carbocycles. The normalized spacial score (nSPS) is 43.9. The highest BCUT2D eigenvalue weighted by Gasteiger charge is 2.65. The zero-order chi connectivity index (χ0) is 14.6. The Morgan fingerprint density at radius 3 is 2.67 bits per heavy atom. The highest BCUT2D eigenvalue weighted by Crippen LogP contribution is 2.55. The second kappa shape index (κ2) is 5.03. The van der Waals surface area contributed by atoms with Gasteiger partial charge in [-0.15, -0.1) is 0 Å². The molecule has 0 aromatic rings. The van der Waals surface area contributed by atoms with Crippen LogP contribution in [0.3, 0.4) is 0 Å². The lowest BCUT2D eigenvalue weighted by molar-refractivity contribution is -0.0119. The van der Waals surface area contributed by atoms with Gasteiger partial charge in [0, 0.05) is 11.8 Å². The summed E-state index contributed by atoms with van der Waals surface area (Å²) in [5.74, 6) is 1.93. The molecule has 0 N–H and O–H groups in total. The van der Waals surface area contributed by atoms with Gasteiger partial charge in [-0.2, -0.15) is 13.2 Å². The Morgan fingerprint density at radius 1 is 1.14 bits per heavy atom. The largest absolute Gasteiger partial charge is 0.556 e. The van der Waals surface area contributed by atoms with Gasteiger partial charge in [0.2, 0.25) is 11.2 Å². The quantitative estimate of drug-likeness (QED) is 0.431. The molecule has 5 unspecified atom stereocenters. The van der Waals surface area contributed by atoms with E-state index in [1.54, 1.807) is 0 Å². The smallest absolute Gasteiger partial charge is 0.425 e. The zero-order valence-electron chi connectivity index (χ0n) is 11.6. The molecule has 21 heavy (non-hydrogen) atoms. The first-order chi connectivity index (χ1) is 10.0. The van der Waals surface area contributed by atoms with Crippen molar-refractivity contribution < 1.29 is 26.3 Å². The lowest BCUT2D eigenvalue weighted by Crippen LogP contribution is -2.38. The third-order valence-corrected chi connectivity index (χ3v) is 8.71. The minimum Gasteiger partial charge on any atom is -0.425 e. The van der Waals surface area contributed by atoms with Crippen molar-refractivity contribution in [3.05, 3.63) is 0 Å². The van der Waals surface area contributed by atoms with E-state index in [4.69, 9.17) is 13.1 Å². The molecule has 0 spiro atoms. The molecule has 4 fully saturated rings. The molecule has 2 aliphatic heterocycles. The number of carbonyl (C=O) groups is 1. The highest BCUT2D eigenvalue weighted by molar-refractivity contribution is 7.92. The van der Waals surface area contributed by atoms with Crippen molar-refractivity contribution in [1.82, 2.24) is 0 Å². The van der Waals surface area contributed by atoms with Crippen LogP contribution in [0.25, 0.3) is 0 Å². The molecule has 2 saturated carbocycles. The average Bonchev–Trinajstić information content (AvgIpc) is 3.04. The van der Waals surface area contributed by atoms with E-state index in [1.807, 2.05) is 0 Å². The van der Waals surface area contributed by atoms with E-state index < -0.39 is 28.5 Å². The third-order valence-electron chi connectivity index (χ3n) is 5.08. The average molecular weight is 335 g/mol. The lowest BCUT2D eigenvalue weighted by atomic mass is 9.94. The van der Waals surface area contributed by atoms with E-state index >= 15 is 0 Å². The maximum atomic E-state index is 11.9. The van der Waals surface area contributed by atoms with Crippen LogP contribution in [0.15, 0.2) is 0 Å². The Morgan fingerprint density at radius 2 is 1.90 bits per heavy atom. The highest BCUT2D eigenvalue weighted by atomic mass is 32.2. The van der Waals surface area contributed by atoms with Gasteiger partial charge >= 0.3 is 6.16 Å². The fourth-order valence-corrected chi connectivity index (χ4v) is 7.70. The van der Waals surface area contributed by atoms with Gasteiger partial charge in [-0.1, -0.05) is 0 Å². The molecule has 5 atom stereocenters. The van der Waals surface area contributed by atoms with Gasteiger partial charge < -0.3 is 4.74 Å². The molecule has 0 amide bonds. The van der Waals surface area contributed by atoms with E-state index in [1.165, 1.54) is 6.42 Å². The SMILES string of the molecule is O=C(OC1C2CC3C1OS(=O)(=O)C3C2)O[S+]1CCCCC1. The summed E-state index contributed by atoms with van der Waals surface area (Å²) in [5, 5.41) is -0.386. The van der Waals surface area contributed by atoms with Gasteiger partial charge in [0.05, 0.1) is 5.25 Å². The fourth-order valence-electron chi connectivity index (χ4n) is 4.16. The minimum absolute atomic E-state index is 0.00469. The molecule has 6 nitrogen and oxygen atoms in total. The molecule has 2 saturated heterocycles. The second-order valence-electron chi connectivity index (χ2n) is 6.31. The van der Waals surface area contributed by atoms with Gasteiger partial charge in [-0.05, 0) is 32.1 Å². The van der Waals surface area contributed by atoms with Gasteiger partial charge in [-0.3, -0.25) is 4.18 Å².